The van der Waals surface area contributed by atoms with Gasteiger partial charge < -0.3 is 15.3 Å². The molecule has 8 nitrogen and oxygen atoms in total. The van der Waals surface area contributed by atoms with Crippen LogP contribution in [0, 0.1) is 0 Å². The Labute approximate surface area is 148 Å². The van der Waals surface area contributed by atoms with Crippen LogP contribution in [-0.4, -0.2) is 37.3 Å². The maximum absolute atomic E-state index is 12.8. The number of nitrogens with zero attached hydrogens (tertiary/aromatic N) is 4. The zero-order valence-corrected chi connectivity index (χ0v) is 15.5. The predicted octanol–water partition coefficient (Wildman–Crippen LogP) is 1.83. The van der Waals surface area contributed by atoms with Gasteiger partial charge in [-0.3, -0.25) is 4.57 Å². The molecule has 3 rings (SSSR count). The Balaban J connectivity index is 2.14. The number of aromatic amines is 1. The Hall–Kier alpha value is -2.18. The van der Waals surface area contributed by atoms with E-state index < -0.39 is 7.14 Å². The van der Waals surface area contributed by atoms with E-state index in [-0.39, 0.29) is 23.6 Å². The predicted molar refractivity (Wildman–Crippen MR) is 99.2 cm³/mol. The first-order chi connectivity index (χ1) is 11.8. The summed E-state index contributed by atoms with van der Waals surface area (Å²) in [5.41, 5.74) is 7.24. The van der Waals surface area contributed by atoms with E-state index in [9.17, 15) is 9.36 Å². The van der Waals surface area contributed by atoms with E-state index >= 15 is 0 Å². The molecule has 0 fully saturated rings. The lowest BCUT2D eigenvalue weighted by Gasteiger charge is -2.11. The fourth-order valence-electron chi connectivity index (χ4n) is 2.61. The summed E-state index contributed by atoms with van der Waals surface area (Å²) in [6, 6.07) is 3.42. The molecule has 25 heavy (non-hydrogen) atoms. The molecule has 0 aliphatic rings. The Bertz CT molecular complexity index is 1030. The number of H-pyrrole nitrogens is 1. The van der Waals surface area contributed by atoms with Crippen molar-refractivity contribution in [2.24, 2.45) is 0 Å². The van der Waals surface area contributed by atoms with E-state index in [2.05, 4.69) is 19.9 Å². The maximum atomic E-state index is 12.8. The average Bonchev–Trinajstić information content (AvgIpc) is 2.86. The molecule has 0 saturated heterocycles. The fourth-order valence-corrected chi connectivity index (χ4v) is 4.40. The van der Waals surface area contributed by atoms with E-state index in [0.717, 1.165) is 12.0 Å². The number of rotatable bonds is 5. The molecule has 0 unspecified atom stereocenters. The molecule has 1 atom stereocenters. The van der Waals surface area contributed by atoms with Gasteiger partial charge in [0, 0.05) is 12.4 Å². The number of nitrogen functional groups attached to an aromatic ring is 1. The summed E-state index contributed by atoms with van der Waals surface area (Å²) in [5, 5.41) is 0.371. The largest absolute Gasteiger partial charge is 0.382 e. The minimum Gasteiger partial charge on any atom is -0.382 e. The topological polar surface area (TPSA) is 120 Å². The van der Waals surface area contributed by atoms with Crippen LogP contribution in [0.3, 0.4) is 0 Å². The number of halogens is 1. The lowest BCUT2D eigenvalue weighted by atomic mass is 10.3. The number of anilines is 1. The van der Waals surface area contributed by atoms with E-state index in [4.69, 9.17) is 17.3 Å². The molecule has 0 saturated carbocycles. The summed E-state index contributed by atoms with van der Waals surface area (Å²) in [7, 11) is -2.74. The average molecular weight is 381 g/mol. The summed E-state index contributed by atoms with van der Waals surface area (Å²) in [5.74, 6) is 0.114. The molecule has 0 amide bonds. The molecule has 3 N–H and O–H groups in total. The van der Waals surface area contributed by atoms with Crippen molar-refractivity contribution in [2.45, 2.75) is 19.9 Å². The number of pyridine rings is 1. The summed E-state index contributed by atoms with van der Waals surface area (Å²) in [6.07, 6.45) is 2.81. The van der Waals surface area contributed by atoms with Crippen molar-refractivity contribution in [3.05, 3.63) is 39.5 Å². The highest BCUT2D eigenvalue weighted by Gasteiger charge is 2.24. The third-order valence-corrected chi connectivity index (χ3v) is 6.41. The molecule has 3 aromatic heterocycles. The Morgan fingerprint density at radius 2 is 2.12 bits per heavy atom. The van der Waals surface area contributed by atoms with Crippen molar-refractivity contribution in [3.63, 3.8) is 0 Å². The smallest absolute Gasteiger partial charge is 0.328 e. The molecule has 0 radical (unpaired) electrons. The van der Waals surface area contributed by atoms with Crippen LogP contribution in [0.2, 0.25) is 5.15 Å². The zero-order valence-electron chi connectivity index (χ0n) is 13.9. The van der Waals surface area contributed by atoms with Crippen LogP contribution in [-0.2, 0) is 11.1 Å². The summed E-state index contributed by atoms with van der Waals surface area (Å²) in [6.45, 7) is 3.81. The first-order valence-corrected chi connectivity index (χ1v) is 10.5. The monoisotopic (exact) mass is 380 g/mol. The van der Waals surface area contributed by atoms with Gasteiger partial charge in [-0.05, 0) is 24.7 Å². The highest BCUT2D eigenvalue weighted by molar-refractivity contribution is 7.70. The fraction of sp³-hybridized carbons (Fsp3) is 0.333. The van der Waals surface area contributed by atoms with E-state index in [1.165, 1.54) is 4.57 Å². The molecule has 0 bridgehead atoms. The van der Waals surface area contributed by atoms with Gasteiger partial charge in [0.05, 0.1) is 6.54 Å². The van der Waals surface area contributed by atoms with Crippen LogP contribution >= 0.6 is 18.7 Å². The second-order valence-corrected chi connectivity index (χ2v) is 9.37. The highest BCUT2D eigenvalue weighted by atomic mass is 35.5. The molecular formula is C15H18ClN6O2P. The van der Waals surface area contributed by atoms with E-state index in [0.29, 0.717) is 22.5 Å². The van der Waals surface area contributed by atoms with E-state index in [1.807, 2.05) is 6.92 Å². The number of fused-ring (bicyclic) bond motifs is 1. The lowest BCUT2D eigenvalue weighted by Crippen LogP contribution is -2.21. The van der Waals surface area contributed by atoms with Crippen molar-refractivity contribution in [1.29, 1.82) is 0 Å². The Morgan fingerprint density at radius 1 is 1.36 bits per heavy atom. The molecule has 0 spiro atoms. The Kier molecular flexibility index (Phi) is 4.67. The van der Waals surface area contributed by atoms with Gasteiger partial charge in [0.1, 0.15) is 17.8 Å². The molecule has 3 heterocycles. The first kappa shape index (κ1) is 17.6. The van der Waals surface area contributed by atoms with Gasteiger partial charge in [-0.25, -0.2) is 19.7 Å². The molecule has 0 aliphatic heterocycles. The van der Waals surface area contributed by atoms with Gasteiger partial charge in [-0.1, -0.05) is 24.6 Å². The number of aromatic nitrogens is 5. The third-order valence-electron chi connectivity index (χ3n) is 3.84. The quantitative estimate of drug-likeness (QED) is 0.514. The molecule has 10 heteroatoms. The maximum Gasteiger partial charge on any atom is 0.328 e. The SMILES string of the molecule is CCC[P@@](C)(=O)c1nc(N)c2[nH]c(=O)n(Cc3ccc(Cl)nc3)c2n1. The Morgan fingerprint density at radius 3 is 2.76 bits per heavy atom. The van der Waals surface area contributed by atoms with Gasteiger partial charge in [-0.15, -0.1) is 0 Å². The lowest BCUT2D eigenvalue weighted by molar-refractivity contribution is 0.582. The minimum atomic E-state index is -2.74. The van der Waals surface area contributed by atoms with Gasteiger partial charge in [0.25, 0.3) is 0 Å². The molecule has 0 aliphatic carbocycles. The number of nitrogens with one attached hydrogen (secondary N) is 1. The van der Waals surface area contributed by atoms with Crippen LogP contribution in [0.1, 0.15) is 18.9 Å². The van der Waals surface area contributed by atoms with Crippen LogP contribution < -0.4 is 17.0 Å². The molecule has 0 aromatic carbocycles. The van der Waals surface area contributed by atoms with Crippen molar-refractivity contribution < 1.29 is 4.57 Å². The zero-order chi connectivity index (χ0) is 18.2. The normalized spacial score (nSPS) is 13.9. The first-order valence-electron chi connectivity index (χ1n) is 7.75. The van der Waals surface area contributed by atoms with Crippen molar-refractivity contribution in [2.75, 3.05) is 18.6 Å². The molecule has 3 aromatic rings. The second-order valence-electron chi connectivity index (χ2n) is 5.94. The standard InChI is InChI=1S/C15H18ClN6O2P/c1-3-6-25(2,24)14-20-12(17)11-13(21-14)22(15(23)19-11)8-9-4-5-10(16)18-7-9/h4-5,7H,3,6,8H2,1-2H3,(H,19,23)(H2,17,20,21)/t25-/m1/s1. The number of hydrogen-bond donors (Lipinski definition) is 2. The van der Waals surface area contributed by atoms with Gasteiger partial charge in [0.2, 0.25) is 0 Å². The van der Waals surface area contributed by atoms with Crippen molar-refractivity contribution in [1.82, 2.24) is 24.5 Å². The summed E-state index contributed by atoms with van der Waals surface area (Å²) < 4.78 is 14.2. The van der Waals surface area contributed by atoms with Gasteiger partial charge in [-0.2, -0.15) is 0 Å². The second kappa shape index (κ2) is 6.61. The van der Waals surface area contributed by atoms with Crippen LogP contribution in [0.4, 0.5) is 5.82 Å². The molecular weight excluding hydrogens is 363 g/mol. The number of hydrogen-bond acceptors (Lipinski definition) is 6. The van der Waals surface area contributed by atoms with Crippen molar-refractivity contribution in [3.8, 4) is 0 Å². The summed E-state index contributed by atoms with van der Waals surface area (Å²) in [4.78, 5) is 27.5. The number of imidazole rings is 1. The van der Waals surface area contributed by atoms with Crippen LogP contribution in [0.15, 0.2) is 23.1 Å². The summed E-state index contributed by atoms with van der Waals surface area (Å²) >= 11 is 5.79. The van der Waals surface area contributed by atoms with Crippen molar-refractivity contribution >= 4 is 41.3 Å². The van der Waals surface area contributed by atoms with Crippen LogP contribution in [0.25, 0.3) is 11.2 Å². The highest BCUT2D eigenvalue weighted by Crippen LogP contribution is 2.39. The minimum absolute atomic E-state index is 0.114. The van der Waals surface area contributed by atoms with E-state index in [1.54, 1.807) is 25.0 Å². The van der Waals surface area contributed by atoms with Gasteiger partial charge in [0.15, 0.2) is 17.0 Å². The van der Waals surface area contributed by atoms with Gasteiger partial charge >= 0.3 is 5.69 Å². The number of nitrogens with two attached hydrogens (primary N) is 1. The molecule has 132 valence electrons. The van der Waals surface area contributed by atoms with Crippen LogP contribution in [0.5, 0.6) is 0 Å². The third kappa shape index (κ3) is 3.45.